The molecule has 1 aromatic carbocycles. The maximum Gasteiger partial charge on any atom is 0.229 e. The second-order valence-electron chi connectivity index (χ2n) is 7.90. The first kappa shape index (κ1) is 21.4. The summed E-state index contributed by atoms with van der Waals surface area (Å²) in [6.07, 6.45) is 5.79. The molecule has 1 fully saturated rings. The lowest BCUT2D eigenvalue weighted by Gasteiger charge is -2.31. The van der Waals surface area contributed by atoms with E-state index in [2.05, 4.69) is 58.2 Å². The Labute approximate surface area is 187 Å². The van der Waals surface area contributed by atoms with E-state index in [1.165, 1.54) is 5.69 Å². The first-order valence-electron chi connectivity index (χ1n) is 11.0. The number of carbonyl (C=O) groups is 1. The third kappa shape index (κ3) is 4.74. The number of hydrogen-bond acceptors (Lipinski definition) is 6. The maximum atomic E-state index is 13.0. The summed E-state index contributed by atoms with van der Waals surface area (Å²) in [4.78, 5) is 17.5. The van der Waals surface area contributed by atoms with E-state index in [-0.39, 0.29) is 11.8 Å². The number of amides is 1. The van der Waals surface area contributed by atoms with Crippen molar-refractivity contribution in [2.45, 2.75) is 33.6 Å². The molecule has 2 aromatic heterocycles. The molecule has 1 aliphatic heterocycles. The number of aromatic nitrogens is 3. The fraction of sp³-hybridized carbons (Fsp3) is 0.435. The van der Waals surface area contributed by atoms with Crippen molar-refractivity contribution in [2.24, 2.45) is 5.92 Å². The van der Waals surface area contributed by atoms with Gasteiger partial charge in [0.25, 0.3) is 0 Å². The fourth-order valence-electron chi connectivity index (χ4n) is 4.08. The third-order valence-corrected chi connectivity index (χ3v) is 6.89. The quantitative estimate of drug-likeness (QED) is 0.594. The second-order valence-corrected chi connectivity index (χ2v) is 8.84. The van der Waals surface area contributed by atoms with Crippen molar-refractivity contribution in [1.29, 1.82) is 0 Å². The standard InChI is InChI=1S/C23H30N6OS/c1-4-27(5-2)19-10-11-20(17(3)15-19)24-21(30)18-9-8-14-29(16-18)23-26-25-22(31-23)28-12-6-7-13-28/h6-7,10-13,15,18H,4-5,8-9,14,16H2,1-3H3,(H,24,30). The first-order valence-corrected chi connectivity index (χ1v) is 11.8. The SMILES string of the molecule is CCN(CC)c1ccc(NC(=O)C2CCCN(c3nnc(-n4cccc4)s3)C2)c(C)c1. The molecule has 31 heavy (non-hydrogen) atoms. The number of nitrogens with zero attached hydrogens (tertiary/aromatic N) is 5. The smallest absolute Gasteiger partial charge is 0.229 e. The Hall–Kier alpha value is -2.87. The number of aryl methyl sites for hydroxylation is 1. The van der Waals surface area contributed by atoms with Gasteiger partial charge in [-0.15, -0.1) is 10.2 Å². The molecule has 0 aliphatic carbocycles. The van der Waals surface area contributed by atoms with Gasteiger partial charge in [-0.3, -0.25) is 9.36 Å². The van der Waals surface area contributed by atoms with Gasteiger partial charge in [0.1, 0.15) is 0 Å². The summed E-state index contributed by atoms with van der Waals surface area (Å²) in [6.45, 7) is 9.88. The second kappa shape index (κ2) is 9.51. The van der Waals surface area contributed by atoms with E-state index in [0.717, 1.165) is 54.0 Å². The normalized spacial score (nSPS) is 16.4. The van der Waals surface area contributed by atoms with Crippen molar-refractivity contribution in [3.63, 3.8) is 0 Å². The van der Waals surface area contributed by atoms with Crippen molar-refractivity contribution in [2.75, 3.05) is 41.3 Å². The zero-order valence-electron chi connectivity index (χ0n) is 18.4. The van der Waals surface area contributed by atoms with Gasteiger partial charge < -0.3 is 15.1 Å². The van der Waals surface area contributed by atoms with Gasteiger partial charge in [0.2, 0.25) is 16.2 Å². The summed E-state index contributed by atoms with van der Waals surface area (Å²) in [5.41, 5.74) is 3.17. The van der Waals surface area contributed by atoms with Crippen molar-refractivity contribution >= 4 is 33.8 Å². The number of anilines is 3. The summed E-state index contributed by atoms with van der Waals surface area (Å²) in [7, 11) is 0. The molecule has 0 bridgehead atoms. The van der Waals surface area contributed by atoms with Crippen LogP contribution in [0.25, 0.3) is 5.13 Å². The molecule has 1 atom stereocenters. The van der Waals surface area contributed by atoms with Crippen LogP contribution in [0.4, 0.5) is 16.5 Å². The van der Waals surface area contributed by atoms with Gasteiger partial charge in [-0.2, -0.15) is 0 Å². The summed E-state index contributed by atoms with van der Waals surface area (Å²) < 4.78 is 1.96. The van der Waals surface area contributed by atoms with E-state index in [1.54, 1.807) is 11.3 Å². The van der Waals surface area contributed by atoms with Gasteiger partial charge in [-0.05, 0) is 69.5 Å². The highest BCUT2D eigenvalue weighted by Gasteiger charge is 2.28. The minimum atomic E-state index is -0.0606. The minimum Gasteiger partial charge on any atom is -0.372 e. The molecule has 0 radical (unpaired) electrons. The van der Waals surface area contributed by atoms with Crippen LogP contribution in [0.3, 0.4) is 0 Å². The van der Waals surface area contributed by atoms with Crippen molar-refractivity contribution in [1.82, 2.24) is 14.8 Å². The van der Waals surface area contributed by atoms with E-state index in [0.29, 0.717) is 6.54 Å². The topological polar surface area (TPSA) is 66.3 Å². The monoisotopic (exact) mass is 438 g/mol. The summed E-state index contributed by atoms with van der Waals surface area (Å²) in [6, 6.07) is 10.2. The number of hydrogen-bond donors (Lipinski definition) is 1. The van der Waals surface area contributed by atoms with Crippen LogP contribution >= 0.6 is 11.3 Å². The molecule has 1 saturated heterocycles. The first-order chi connectivity index (χ1) is 15.1. The molecular weight excluding hydrogens is 408 g/mol. The Morgan fingerprint density at radius 2 is 1.94 bits per heavy atom. The van der Waals surface area contributed by atoms with Gasteiger partial charge in [0.15, 0.2) is 0 Å². The molecule has 3 aromatic rings. The fourth-order valence-corrected chi connectivity index (χ4v) is 4.92. The average molecular weight is 439 g/mol. The van der Waals surface area contributed by atoms with E-state index in [1.807, 2.05) is 35.2 Å². The van der Waals surface area contributed by atoms with Crippen LogP contribution in [0.15, 0.2) is 42.7 Å². The van der Waals surface area contributed by atoms with E-state index >= 15 is 0 Å². The van der Waals surface area contributed by atoms with Crippen LogP contribution in [0.5, 0.6) is 0 Å². The summed E-state index contributed by atoms with van der Waals surface area (Å²) >= 11 is 1.56. The molecule has 1 aliphatic rings. The number of benzene rings is 1. The van der Waals surface area contributed by atoms with Crippen LogP contribution in [0.1, 0.15) is 32.3 Å². The molecule has 1 N–H and O–H groups in total. The Kier molecular flexibility index (Phi) is 6.56. The highest BCUT2D eigenvalue weighted by atomic mass is 32.1. The van der Waals surface area contributed by atoms with E-state index < -0.39 is 0 Å². The van der Waals surface area contributed by atoms with E-state index in [4.69, 9.17) is 0 Å². The summed E-state index contributed by atoms with van der Waals surface area (Å²) in [5.74, 6) is 0.0214. The van der Waals surface area contributed by atoms with Gasteiger partial charge in [-0.1, -0.05) is 11.3 Å². The van der Waals surface area contributed by atoms with Crippen molar-refractivity contribution in [3.05, 3.63) is 48.3 Å². The molecular formula is C23H30N6OS. The molecule has 8 heteroatoms. The molecule has 4 rings (SSSR count). The number of piperidine rings is 1. The van der Waals surface area contributed by atoms with Gasteiger partial charge in [0, 0.05) is 49.9 Å². The molecule has 1 unspecified atom stereocenters. The Bertz CT molecular complexity index is 1010. The van der Waals surface area contributed by atoms with Gasteiger partial charge in [-0.25, -0.2) is 0 Å². The molecule has 0 spiro atoms. The lowest BCUT2D eigenvalue weighted by molar-refractivity contribution is -0.120. The predicted molar refractivity (Wildman–Crippen MR) is 128 cm³/mol. The Morgan fingerprint density at radius 3 is 2.65 bits per heavy atom. The Morgan fingerprint density at radius 1 is 1.19 bits per heavy atom. The summed E-state index contributed by atoms with van der Waals surface area (Å²) in [5, 5.41) is 13.6. The van der Waals surface area contributed by atoms with Crippen LogP contribution in [-0.2, 0) is 4.79 Å². The zero-order chi connectivity index (χ0) is 21.8. The number of carbonyl (C=O) groups excluding carboxylic acids is 1. The van der Waals surface area contributed by atoms with Crippen molar-refractivity contribution in [3.8, 4) is 5.13 Å². The lowest BCUT2D eigenvalue weighted by atomic mass is 9.97. The number of nitrogens with one attached hydrogen (secondary N) is 1. The van der Waals surface area contributed by atoms with Gasteiger partial charge in [0.05, 0.1) is 5.92 Å². The third-order valence-electron chi connectivity index (χ3n) is 5.89. The highest BCUT2D eigenvalue weighted by molar-refractivity contribution is 7.17. The minimum absolute atomic E-state index is 0.0606. The van der Waals surface area contributed by atoms with Crippen molar-refractivity contribution < 1.29 is 4.79 Å². The Balaban J connectivity index is 1.41. The molecule has 164 valence electrons. The maximum absolute atomic E-state index is 13.0. The van der Waals surface area contributed by atoms with Crippen LogP contribution < -0.4 is 15.1 Å². The van der Waals surface area contributed by atoms with Gasteiger partial charge >= 0.3 is 0 Å². The van der Waals surface area contributed by atoms with E-state index in [9.17, 15) is 4.79 Å². The average Bonchev–Trinajstić information content (AvgIpc) is 3.48. The molecule has 0 saturated carbocycles. The van der Waals surface area contributed by atoms with Crippen LogP contribution in [0, 0.1) is 12.8 Å². The largest absolute Gasteiger partial charge is 0.372 e. The number of rotatable bonds is 7. The van der Waals surface area contributed by atoms with Crippen LogP contribution in [0.2, 0.25) is 0 Å². The van der Waals surface area contributed by atoms with Crippen LogP contribution in [-0.4, -0.2) is 46.9 Å². The lowest BCUT2D eigenvalue weighted by Crippen LogP contribution is -2.40. The predicted octanol–water partition coefficient (Wildman–Crippen LogP) is 4.34. The molecule has 3 heterocycles. The zero-order valence-corrected chi connectivity index (χ0v) is 19.2. The highest BCUT2D eigenvalue weighted by Crippen LogP contribution is 2.29. The molecule has 1 amide bonds. The molecule has 7 nitrogen and oxygen atoms in total.